The van der Waals surface area contributed by atoms with Gasteiger partial charge in [0.25, 0.3) is 0 Å². The molecule has 108 valence electrons. The standard InChI is InChI=1S/C14H20BrN5/c1-4-6-16-13(12-9-17-10(3)7-18-12)14-11(15)8-19-20(14)5-2/h7-9,13,16H,4-6H2,1-3H3. The fraction of sp³-hybridized carbons (Fsp3) is 0.500. The number of nitrogens with one attached hydrogen (secondary N) is 1. The molecule has 0 amide bonds. The van der Waals surface area contributed by atoms with Crippen molar-refractivity contribution in [3.63, 3.8) is 0 Å². The highest BCUT2D eigenvalue weighted by molar-refractivity contribution is 9.10. The third kappa shape index (κ3) is 3.24. The van der Waals surface area contributed by atoms with Gasteiger partial charge in [0.05, 0.1) is 40.0 Å². The number of rotatable bonds is 6. The van der Waals surface area contributed by atoms with Crippen molar-refractivity contribution in [1.82, 2.24) is 25.1 Å². The Bertz CT molecular complexity index is 549. The monoisotopic (exact) mass is 337 g/mol. The van der Waals surface area contributed by atoms with E-state index in [-0.39, 0.29) is 6.04 Å². The highest BCUT2D eigenvalue weighted by Gasteiger charge is 2.22. The number of halogens is 1. The van der Waals surface area contributed by atoms with Crippen LogP contribution < -0.4 is 5.32 Å². The average Bonchev–Trinajstić information content (AvgIpc) is 2.82. The maximum Gasteiger partial charge on any atom is 0.0949 e. The summed E-state index contributed by atoms with van der Waals surface area (Å²) in [6.45, 7) is 7.92. The molecule has 2 aromatic rings. The van der Waals surface area contributed by atoms with Gasteiger partial charge in [-0.15, -0.1) is 0 Å². The Balaban J connectivity index is 2.41. The third-order valence-corrected chi connectivity index (χ3v) is 3.71. The minimum Gasteiger partial charge on any atom is -0.304 e. The van der Waals surface area contributed by atoms with Crippen LogP contribution in [0.4, 0.5) is 0 Å². The summed E-state index contributed by atoms with van der Waals surface area (Å²) in [4.78, 5) is 8.87. The van der Waals surface area contributed by atoms with E-state index in [2.05, 4.69) is 50.2 Å². The molecule has 0 bridgehead atoms. The lowest BCUT2D eigenvalue weighted by molar-refractivity contribution is 0.519. The Labute approximate surface area is 128 Å². The van der Waals surface area contributed by atoms with Crippen molar-refractivity contribution >= 4 is 15.9 Å². The Morgan fingerprint density at radius 2 is 2.05 bits per heavy atom. The first-order valence-corrected chi connectivity index (χ1v) is 7.69. The molecule has 0 aromatic carbocycles. The number of aryl methyl sites for hydroxylation is 2. The molecule has 1 N–H and O–H groups in total. The zero-order valence-corrected chi connectivity index (χ0v) is 13.7. The van der Waals surface area contributed by atoms with Crippen LogP contribution >= 0.6 is 15.9 Å². The third-order valence-electron chi connectivity index (χ3n) is 3.10. The molecule has 0 saturated carbocycles. The largest absolute Gasteiger partial charge is 0.304 e. The lowest BCUT2D eigenvalue weighted by atomic mass is 10.1. The lowest BCUT2D eigenvalue weighted by Gasteiger charge is -2.19. The van der Waals surface area contributed by atoms with Gasteiger partial charge in [0.1, 0.15) is 0 Å². The van der Waals surface area contributed by atoms with Crippen LogP contribution in [0.5, 0.6) is 0 Å². The summed E-state index contributed by atoms with van der Waals surface area (Å²) >= 11 is 3.59. The van der Waals surface area contributed by atoms with Crippen molar-refractivity contribution < 1.29 is 0 Å². The van der Waals surface area contributed by atoms with Crippen molar-refractivity contribution in [1.29, 1.82) is 0 Å². The number of hydrogen-bond donors (Lipinski definition) is 1. The van der Waals surface area contributed by atoms with E-state index in [9.17, 15) is 0 Å². The van der Waals surface area contributed by atoms with E-state index < -0.39 is 0 Å². The van der Waals surface area contributed by atoms with Gasteiger partial charge in [0, 0.05) is 12.7 Å². The van der Waals surface area contributed by atoms with E-state index in [1.54, 1.807) is 6.20 Å². The smallest absolute Gasteiger partial charge is 0.0949 e. The minimum absolute atomic E-state index is 0.000116. The summed E-state index contributed by atoms with van der Waals surface area (Å²) in [6.07, 6.45) is 6.54. The van der Waals surface area contributed by atoms with Crippen LogP contribution in [0.3, 0.4) is 0 Å². The van der Waals surface area contributed by atoms with Gasteiger partial charge in [-0.25, -0.2) is 0 Å². The minimum atomic E-state index is -0.000116. The molecular weight excluding hydrogens is 318 g/mol. The first-order chi connectivity index (χ1) is 9.67. The highest BCUT2D eigenvalue weighted by Crippen LogP contribution is 2.27. The van der Waals surface area contributed by atoms with Crippen LogP contribution in [0, 0.1) is 6.92 Å². The SMILES string of the molecule is CCCNC(c1cnc(C)cn1)c1c(Br)cnn1CC. The van der Waals surface area contributed by atoms with Crippen LogP contribution in [0.15, 0.2) is 23.1 Å². The average molecular weight is 338 g/mol. The molecule has 0 aliphatic carbocycles. The normalized spacial score (nSPS) is 12.6. The summed E-state index contributed by atoms with van der Waals surface area (Å²) in [5, 5.41) is 7.92. The molecule has 1 unspecified atom stereocenters. The van der Waals surface area contributed by atoms with E-state index in [0.717, 1.165) is 41.1 Å². The second-order valence-electron chi connectivity index (χ2n) is 4.66. The van der Waals surface area contributed by atoms with E-state index in [1.165, 1.54) is 0 Å². The maximum absolute atomic E-state index is 4.52. The molecule has 0 aliphatic rings. The predicted octanol–water partition coefficient (Wildman–Crippen LogP) is 2.85. The molecular formula is C14H20BrN5. The molecule has 2 heterocycles. The molecule has 0 spiro atoms. The quantitative estimate of drug-likeness (QED) is 0.880. The molecule has 2 rings (SSSR count). The molecule has 0 radical (unpaired) electrons. The van der Waals surface area contributed by atoms with E-state index in [1.807, 2.05) is 24.0 Å². The second kappa shape index (κ2) is 6.95. The van der Waals surface area contributed by atoms with Gasteiger partial charge in [-0.2, -0.15) is 5.10 Å². The van der Waals surface area contributed by atoms with Crippen molar-refractivity contribution in [3.05, 3.63) is 40.1 Å². The van der Waals surface area contributed by atoms with Gasteiger partial charge in [-0.1, -0.05) is 6.92 Å². The van der Waals surface area contributed by atoms with Gasteiger partial charge < -0.3 is 5.32 Å². The van der Waals surface area contributed by atoms with Crippen LogP contribution in [0.1, 0.15) is 43.4 Å². The Kier molecular flexibility index (Phi) is 5.25. The van der Waals surface area contributed by atoms with Crippen molar-refractivity contribution in [2.45, 2.75) is 39.8 Å². The van der Waals surface area contributed by atoms with Gasteiger partial charge >= 0.3 is 0 Å². The molecule has 2 aromatic heterocycles. The summed E-state index contributed by atoms with van der Waals surface area (Å²) in [6, 6.07) is -0.000116. The summed E-state index contributed by atoms with van der Waals surface area (Å²) in [5.74, 6) is 0. The first kappa shape index (κ1) is 15.1. The molecule has 0 saturated heterocycles. The Morgan fingerprint density at radius 1 is 1.25 bits per heavy atom. The van der Waals surface area contributed by atoms with Crippen molar-refractivity contribution in [3.8, 4) is 0 Å². The fourth-order valence-electron chi connectivity index (χ4n) is 2.09. The van der Waals surface area contributed by atoms with Crippen LogP contribution in [0.25, 0.3) is 0 Å². The molecule has 6 heteroatoms. The molecule has 0 fully saturated rings. The van der Waals surface area contributed by atoms with Crippen LogP contribution in [-0.4, -0.2) is 26.3 Å². The predicted molar refractivity (Wildman–Crippen MR) is 82.5 cm³/mol. The van der Waals surface area contributed by atoms with E-state index >= 15 is 0 Å². The molecule has 1 atom stereocenters. The Morgan fingerprint density at radius 3 is 2.65 bits per heavy atom. The second-order valence-corrected chi connectivity index (χ2v) is 5.52. The van der Waals surface area contributed by atoms with Gasteiger partial charge in [-0.05, 0) is 42.7 Å². The zero-order valence-electron chi connectivity index (χ0n) is 12.1. The topological polar surface area (TPSA) is 55.6 Å². The van der Waals surface area contributed by atoms with Crippen LogP contribution in [0.2, 0.25) is 0 Å². The lowest BCUT2D eigenvalue weighted by Crippen LogP contribution is -2.27. The number of aromatic nitrogens is 4. The number of hydrogen-bond acceptors (Lipinski definition) is 4. The summed E-state index contributed by atoms with van der Waals surface area (Å²) in [7, 11) is 0. The maximum atomic E-state index is 4.52. The van der Waals surface area contributed by atoms with E-state index in [0.29, 0.717) is 0 Å². The molecule has 0 aliphatic heterocycles. The Hall–Kier alpha value is -1.27. The fourth-order valence-corrected chi connectivity index (χ4v) is 2.62. The molecule has 5 nitrogen and oxygen atoms in total. The zero-order chi connectivity index (χ0) is 14.5. The van der Waals surface area contributed by atoms with Crippen molar-refractivity contribution in [2.24, 2.45) is 0 Å². The van der Waals surface area contributed by atoms with Crippen LogP contribution in [-0.2, 0) is 6.54 Å². The van der Waals surface area contributed by atoms with Gasteiger partial charge in [0.15, 0.2) is 0 Å². The van der Waals surface area contributed by atoms with E-state index in [4.69, 9.17) is 0 Å². The number of nitrogens with zero attached hydrogens (tertiary/aromatic N) is 4. The van der Waals surface area contributed by atoms with Crippen molar-refractivity contribution in [2.75, 3.05) is 6.54 Å². The molecule has 20 heavy (non-hydrogen) atoms. The van der Waals surface area contributed by atoms with Gasteiger partial charge in [-0.3, -0.25) is 14.6 Å². The van der Waals surface area contributed by atoms with Gasteiger partial charge in [0.2, 0.25) is 0 Å². The summed E-state index contributed by atoms with van der Waals surface area (Å²) < 4.78 is 2.98. The first-order valence-electron chi connectivity index (χ1n) is 6.90. The summed E-state index contributed by atoms with van der Waals surface area (Å²) in [5.41, 5.74) is 2.94. The highest BCUT2D eigenvalue weighted by atomic mass is 79.9.